The van der Waals surface area contributed by atoms with Crippen molar-refractivity contribution in [2.24, 2.45) is 4.99 Å². The number of anilines is 2. The standard InChI is InChI=1S/C13H17N3O4/c1-18-7-11(17)15-10-6-4-5-9-12(10)16-13(19-2,20-3)8-14-9/h4-6,8,16H,7H2,1-3H3,(H,15,17). The fraction of sp³-hybridized carbons (Fsp3) is 0.385. The van der Waals surface area contributed by atoms with Gasteiger partial charge < -0.3 is 24.8 Å². The number of aliphatic imine (C=N–C) groups is 1. The first kappa shape index (κ1) is 14.4. The van der Waals surface area contributed by atoms with Crippen molar-refractivity contribution in [3.05, 3.63) is 18.2 Å². The number of carbonyl (C=O) groups excluding carboxylic acids is 1. The van der Waals surface area contributed by atoms with Crippen LogP contribution in [0.3, 0.4) is 0 Å². The minimum absolute atomic E-state index is 0.0212. The Morgan fingerprint density at radius 2 is 2.10 bits per heavy atom. The summed E-state index contributed by atoms with van der Waals surface area (Å²) in [5, 5.41) is 5.82. The smallest absolute Gasteiger partial charge is 0.288 e. The van der Waals surface area contributed by atoms with Gasteiger partial charge in [-0.3, -0.25) is 9.79 Å². The van der Waals surface area contributed by atoms with Crippen molar-refractivity contribution in [3.8, 4) is 0 Å². The van der Waals surface area contributed by atoms with Gasteiger partial charge in [-0.15, -0.1) is 0 Å². The molecule has 2 N–H and O–H groups in total. The van der Waals surface area contributed by atoms with Crippen molar-refractivity contribution in [1.82, 2.24) is 0 Å². The number of ether oxygens (including phenoxy) is 3. The van der Waals surface area contributed by atoms with E-state index >= 15 is 0 Å². The van der Waals surface area contributed by atoms with E-state index in [1.165, 1.54) is 27.5 Å². The largest absolute Gasteiger partial charge is 0.375 e. The zero-order chi connectivity index (χ0) is 14.6. The summed E-state index contributed by atoms with van der Waals surface area (Å²) in [4.78, 5) is 15.9. The van der Waals surface area contributed by atoms with Gasteiger partial charge in [0.1, 0.15) is 6.61 Å². The molecule has 1 amide bonds. The number of rotatable bonds is 5. The summed E-state index contributed by atoms with van der Waals surface area (Å²) in [5.74, 6) is -1.40. The van der Waals surface area contributed by atoms with Crippen molar-refractivity contribution in [1.29, 1.82) is 0 Å². The minimum atomic E-state index is -1.14. The number of benzene rings is 1. The highest BCUT2D eigenvalue weighted by atomic mass is 16.7. The Morgan fingerprint density at radius 1 is 1.35 bits per heavy atom. The third kappa shape index (κ3) is 2.79. The van der Waals surface area contributed by atoms with E-state index in [2.05, 4.69) is 15.6 Å². The maximum atomic E-state index is 11.6. The Kier molecular flexibility index (Phi) is 4.33. The Labute approximate surface area is 116 Å². The van der Waals surface area contributed by atoms with Crippen LogP contribution in [-0.2, 0) is 19.0 Å². The molecule has 108 valence electrons. The van der Waals surface area contributed by atoms with Crippen molar-refractivity contribution in [2.45, 2.75) is 5.91 Å². The first-order valence-electron chi connectivity index (χ1n) is 5.99. The number of nitrogens with zero attached hydrogens (tertiary/aromatic N) is 1. The van der Waals surface area contributed by atoms with E-state index in [0.29, 0.717) is 17.1 Å². The first-order chi connectivity index (χ1) is 9.64. The summed E-state index contributed by atoms with van der Waals surface area (Å²) in [6.07, 6.45) is 1.52. The molecule has 0 radical (unpaired) electrons. The lowest BCUT2D eigenvalue weighted by Crippen LogP contribution is -2.45. The van der Waals surface area contributed by atoms with Crippen LogP contribution in [0.25, 0.3) is 0 Å². The van der Waals surface area contributed by atoms with Crippen LogP contribution in [0, 0.1) is 0 Å². The van der Waals surface area contributed by atoms with Gasteiger partial charge in [0.25, 0.3) is 5.91 Å². The summed E-state index contributed by atoms with van der Waals surface area (Å²) in [6.45, 7) is -0.0212. The molecule has 20 heavy (non-hydrogen) atoms. The van der Waals surface area contributed by atoms with E-state index in [1.54, 1.807) is 12.1 Å². The highest BCUT2D eigenvalue weighted by Gasteiger charge is 2.32. The van der Waals surface area contributed by atoms with Gasteiger partial charge in [-0.2, -0.15) is 0 Å². The zero-order valence-electron chi connectivity index (χ0n) is 11.6. The maximum Gasteiger partial charge on any atom is 0.288 e. The molecule has 7 nitrogen and oxygen atoms in total. The Morgan fingerprint density at radius 3 is 2.75 bits per heavy atom. The molecule has 0 saturated heterocycles. The van der Waals surface area contributed by atoms with E-state index in [0.717, 1.165) is 0 Å². The van der Waals surface area contributed by atoms with Gasteiger partial charge in [-0.1, -0.05) is 6.07 Å². The van der Waals surface area contributed by atoms with Crippen LogP contribution in [0.15, 0.2) is 23.2 Å². The van der Waals surface area contributed by atoms with Crippen molar-refractivity contribution < 1.29 is 19.0 Å². The first-order valence-corrected chi connectivity index (χ1v) is 5.99. The Hall–Kier alpha value is -1.96. The van der Waals surface area contributed by atoms with Crippen LogP contribution in [0.2, 0.25) is 0 Å². The molecule has 0 atom stereocenters. The highest BCUT2D eigenvalue weighted by Crippen LogP contribution is 2.37. The number of para-hydroxylation sites is 1. The maximum absolute atomic E-state index is 11.6. The highest BCUT2D eigenvalue weighted by molar-refractivity contribution is 5.99. The molecule has 1 aliphatic heterocycles. The second kappa shape index (κ2) is 6.00. The fourth-order valence-corrected chi connectivity index (χ4v) is 1.85. The lowest BCUT2D eigenvalue weighted by Gasteiger charge is -2.32. The third-order valence-corrected chi connectivity index (χ3v) is 2.87. The molecule has 2 rings (SSSR count). The normalized spacial score (nSPS) is 15.3. The number of amides is 1. The molecule has 1 aromatic carbocycles. The van der Waals surface area contributed by atoms with Gasteiger partial charge in [-0.05, 0) is 12.1 Å². The van der Waals surface area contributed by atoms with E-state index in [4.69, 9.17) is 14.2 Å². The van der Waals surface area contributed by atoms with Gasteiger partial charge >= 0.3 is 0 Å². The molecular weight excluding hydrogens is 262 g/mol. The number of hydrogen-bond donors (Lipinski definition) is 2. The monoisotopic (exact) mass is 279 g/mol. The molecule has 0 bridgehead atoms. The molecule has 1 aliphatic rings. The summed E-state index contributed by atoms with van der Waals surface area (Å²) in [5.41, 5.74) is 1.90. The lowest BCUT2D eigenvalue weighted by atomic mass is 10.2. The van der Waals surface area contributed by atoms with Gasteiger partial charge in [0.15, 0.2) is 0 Å². The van der Waals surface area contributed by atoms with Gasteiger partial charge in [0, 0.05) is 21.3 Å². The summed E-state index contributed by atoms with van der Waals surface area (Å²) < 4.78 is 15.3. The van der Waals surface area contributed by atoms with Crippen molar-refractivity contribution in [3.63, 3.8) is 0 Å². The van der Waals surface area contributed by atoms with E-state index in [9.17, 15) is 4.79 Å². The predicted octanol–water partition coefficient (Wildman–Crippen LogP) is 1.35. The summed E-state index contributed by atoms with van der Waals surface area (Å²) in [6, 6.07) is 5.38. The average Bonchev–Trinajstić information content (AvgIpc) is 2.47. The Bertz CT molecular complexity index is 526. The number of fused-ring (bicyclic) bond motifs is 1. The topological polar surface area (TPSA) is 81.2 Å². The van der Waals surface area contributed by atoms with Crippen LogP contribution in [0.5, 0.6) is 0 Å². The molecule has 1 aromatic rings. The van der Waals surface area contributed by atoms with Crippen LogP contribution in [0.4, 0.5) is 17.1 Å². The third-order valence-electron chi connectivity index (χ3n) is 2.87. The molecule has 0 unspecified atom stereocenters. The average molecular weight is 279 g/mol. The number of methoxy groups -OCH3 is 3. The SMILES string of the molecule is COCC(=O)Nc1cccc2c1NC(OC)(OC)C=N2. The van der Waals surface area contributed by atoms with E-state index in [-0.39, 0.29) is 12.5 Å². The molecular formula is C13H17N3O4. The summed E-state index contributed by atoms with van der Waals surface area (Å²) in [7, 11) is 4.46. The van der Waals surface area contributed by atoms with Gasteiger partial charge in [0.2, 0.25) is 5.91 Å². The van der Waals surface area contributed by atoms with Crippen molar-refractivity contribution in [2.75, 3.05) is 38.6 Å². The molecule has 0 spiro atoms. The van der Waals surface area contributed by atoms with Crippen LogP contribution < -0.4 is 10.6 Å². The van der Waals surface area contributed by atoms with Crippen LogP contribution in [0.1, 0.15) is 0 Å². The van der Waals surface area contributed by atoms with Gasteiger partial charge in [-0.25, -0.2) is 0 Å². The molecule has 7 heteroatoms. The second-order valence-electron chi connectivity index (χ2n) is 4.14. The van der Waals surface area contributed by atoms with Crippen LogP contribution in [-0.4, -0.2) is 46.0 Å². The number of carbonyl (C=O) groups is 1. The molecule has 0 aliphatic carbocycles. The minimum Gasteiger partial charge on any atom is -0.375 e. The predicted molar refractivity (Wildman–Crippen MR) is 75.5 cm³/mol. The molecule has 0 aromatic heterocycles. The van der Waals surface area contributed by atoms with Crippen LogP contribution >= 0.6 is 0 Å². The molecule has 1 heterocycles. The number of hydrogen-bond acceptors (Lipinski definition) is 6. The fourth-order valence-electron chi connectivity index (χ4n) is 1.85. The van der Waals surface area contributed by atoms with E-state index < -0.39 is 5.91 Å². The quantitative estimate of drug-likeness (QED) is 0.795. The van der Waals surface area contributed by atoms with E-state index in [1.807, 2.05) is 6.07 Å². The van der Waals surface area contributed by atoms with Gasteiger partial charge in [0.05, 0.1) is 23.3 Å². The zero-order valence-corrected chi connectivity index (χ0v) is 11.6. The molecule has 0 fully saturated rings. The molecule has 0 saturated carbocycles. The number of nitrogens with one attached hydrogen (secondary N) is 2. The lowest BCUT2D eigenvalue weighted by molar-refractivity contribution is -0.128. The second-order valence-corrected chi connectivity index (χ2v) is 4.14. The Balaban J connectivity index is 2.31. The summed E-state index contributed by atoms with van der Waals surface area (Å²) >= 11 is 0. The van der Waals surface area contributed by atoms with Crippen molar-refractivity contribution >= 4 is 29.2 Å².